The number of aliphatic carboxylic acids is 1. The topological polar surface area (TPSA) is 80.7 Å². The Kier molecular flexibility index (Phi) is 10.2. The minimum atomic E-state index is -1.53. The molecule has 0 aliphatic heterocycles. The molecule has 0 heterocycles. The van der Waals surface area contributed by atoms with E-state index in [0.717, 1.165) is 11.1 Å². The predicted molar refractivity (Wildman–Crippen MR) is 119 cm³/mol. The molecule has 1 N–H and O–H groups in total. The first-order valence-corrected chi connectivity index (χ1v) is 10.3. The van der Waals surface area contributed by atoms with Gasteiger partial charge >= 0.3 is 11.9 Å². The fourth-order valence-corrected chi connectivity index (χ4v) is 3.36. The summed E-state index contributed by atoms with van der Waals surface area (Å²) in [6.07, 6.45) is 15.1. The molecule has 1 rings (SSSR count). The number of carboxylic acids is 1. The van der Waals surface area contributed by atoms with E-state index in [1.807, 2.05) is 25.2 Å². The van der Waals surface area contributed by atoms with Gasteiger partial charge in [-0.2, -0.15) is 0 Å². The summed E-state index contributed by atoms with van der Waals surface area (Å²) >= 11 is 0. The van der Waals surface area contributed by atoms with Crippen LogP contribution in [0.1, 0.15) is 66.7 Å². The Labute approximate surface area is 179 Å². The molecule has 0 bridgehead atoms. The number of ether oxygens (including phenoxy) is 1. The van der Waals surface area contributed by atoms with Gasteiger partial charge in [0.1, 0.15) is 6.61 Å². The standard InChI is InChI=1S/C25H34O5/c1-18(11-12-21-20(3)10-7-16-25(21,4)5)8-6-9-19(2)15-17-30-23(27)14-13-22(26)24(28)29/h6,8-9,11-12,15H,7,10,13-14,16-17H2,1-5H3,(H,28,29)/b9-6-,12-11+,18-8+,19-15+. The molecule has 0 saturated carbocycles. The van der Waals surface area contributed by atoms with Gasteiger partial charge in [0.2, 0.25) is 5.78 Å². The van der Waals surface area contributed by atoms with Gasteiger partial charge in [-0.3, -0.25) is 9.59 Å². The molecule has 1 aliphatic rings. The Hall–Kier alpha value is -2.69. The highest BCUT2D eigenvalue weighted by atomic mass is 16.5. The highest BCUT2D eigenvalue weighted by Crippen LogP contribution is 2.40. The number of Topliss-reactive ketones (excluding diaryl/α,β-unsaturated/α-hetero) is 1. The fraction of sp³-hybridized carbons (Fsp3) is 0.480. The molecule has 164 valence electrons. The summed E-state index contributed by atoms with van der Waals surface area (Å²) in [6.45, 7) is 10.9. The molecule has 0 atom stereocenters. The maximum absolute atomic E-state index is 11.5. The van der Waals surface area contributed by atoms with Crippen LogP contribution >= 0.6 is 0 Å². The minimum Gasteiger partial charge on any atom is -0.476 e. The van der Waals surface area contributed by atoms with E-state index in [2.05, 4.69) is 39.8 Å². The van der Waals surface area contributed by atoms with Crippen molar-refractivity contribution in [2.45, 2.75) is 66.7 Å². The summed E-state index contributed by atoms with van der Waals surface area (Å²) < 4.78 is 4.98. The Morgan fingerprint density at radius 2 is 1.80 bits per heavy atom. The average Bonchev–Trinajstić information content (AvgIpc) is 2.65. The monoisotopic (exact) mass is 414 g/mol. The fourth-order valence-electron chi connectivity index (χ4n) is 3.36. The van der Waals surface area contributed by atoms with Crippen LogP contribution < -0.4 is 0 Å². The van der Waals surface area contributed by atoms with E-state index in [9.17, 15) is 14.4 Å². The summed E-state index contributed by atoms with van der Waals surface area (Å²) in [5, 5.41) is 8.47. The summed E-state index contributed by atoms with van der Waals surface area (Å²) in [6, 6.07) is 0. The zero-order valence-corrected chi connectivity index (χ0v) is 18.8. The van der Waals surface area contributed by atoms with Crippen LogP contribution in [0.15, 0.2) is 58.7 Å². The van der Waals surface area contributed by atoms with Crippen molar-refractivity contribution in [3.8, 4) is 0 Å². The van der Waals surface area contributed by atoms with Crippen LogP contribution in [0.2, 0.25) is 0 Å². The van der Waals surface area contributed by atoms with Crippen molar-refractivity contribution in [1.29, 1.82) is 0 Å². The normalized spacial score (nSPS) is 17.6. The van der Waals surface area contributed by atoms with E-state index >= 15 is 0 Å². The number of carbonyl (C=O) groups is 3. The van der Waals surface area contributed by atoms with E-state index in [1.54, 1.807) is 6.08 Å². The van der Waals surface area contributed by atoms with E-state index in [0.29, 0.717) is 0 Å². The molecule has 30 heavy (non-hydrogen) atoms. The second-order valence-corrected chi connectivity index (χ2v) is 8.39. The molecule has 0 fully saturated rings. The number of carboxylic acid groups (broad SMARTS) is 1. The summed E-state index contributed by atoms with van der Waals surface area (Å²) in [4.78, 5) is 32.8. The maximum atomic E-state index is 11.5. The molecule has 1 aliphatic carbocycles. The zero-order chi connectivity index (χ0) is 22.7. The van der Waals surface area contributed by atoms with Gasteiger partial charge in [-0.25, -0.2) is 4.79 Å². The minimum absolute atomic E-state index is 0.0847. The SMILES string of the molecule is CC1=C(/C=C/C(C)=C/C=C\C(C)=C\COC(=O)CCC(=O)C(=O)O)C(C)(C)CCC1. The van der Waals surface area contributed by atoms with E-state index in [1.165, 1.54) is 30.4 Å². The molecular formula is C25H34O5. The highest BCUT2D eigenvalue weighted by molar-refractivity contribution is 6.32. The second kappa shape index (κ2) is 12.1. The van der Waals surface area contributed by atoms with Crippen LogP contribution in [0.25, 0.3) is 0 Å². The molecular weight excluding hydrogens is 380 g/mol. The Bertz CT molecular complexity index is 803. The van der Waals surface area contributed by atoms with Crippen molar-refractivity contribution in [3.05, 3.63) is 58.7 Å². The molecule has 0 aromatic rings. The summed E-state index contributed by atoms with van der Waals surface area (Å²) in [7, 11) is 0. The van der Waals surface area contributed by atoms with E-state index in [-0.39, 0.29) is 24.9 Å². The Morgan fingerprint density at radius 3 is 2.43 bits per heavy atom. The number of allylic oxidation sites excluding steroid dienone is 9. The van der Waals surface area contributed by atoms with E-state index in [4.69, 9.17) is 9.84 Å². The van der Waals surface area contributed by atoms with Gasteiger partial charge in [-0.1, -0.05) is 60.9 Å². The number of rotatable bonds is 10. The zero-order valence-electron chi connectivity index (χ0n) is 18.8. The summed E-state index contributed by atoms with van der Waals surface area (Å²) in [5.74, 6) is -3.11. The first-order chi connectivity index (χ1) is 14.0. The smallest absolute Gasteiger partial charge is 0.372 e. The van der Waals surface area contributed by atoms with Crippen LogP contribution in [-0.2, 0) is 19.1 Å². The van der Waals surface area contributed by atoms with Gasteiger partial charge in [-0.05, 0) is 57.1 Å². The van der Waals surface area contributed by atoms with Gasteiger partial charge in [0.25, 0.3) is 0 Å². The molecule has 5 nitrogen and oxygen atoms in total. The van der Waals surface area contributed by atoms with Crippen LogP contribution in [0, 0.1) is 5.41 Å². The number of esters is 1. The van der Waals surface area contributed by atoms with Crippen LogP contribution in [0.5, 0.6) is 0 Å². The van der Waals surface area contributed by atoms with Gasteiger partial charge in [0, 0.05) is 6.42 Å². The van der Waals surface area contributed by atoms with Crippen molar-refractivity contribution < 1.29 is 24.2 Å². The summed E-state index contributed by atoms with van der Waals surface area (Å²) in [5.41, 5.74) is 5.23. The van der Waals surface area contributed by atoms with Gasteiger partial charge in [0.15, 0.2) is 0 Å². The molecule has 0 spiro atoms. The number of carbonyl (C=O) groups excluding carboxylic acids is 2. The van der Waals surface area contributed by atoms with Gasteiger partial charge in [-0.15, -0.1) is 0 Å². The lowest BCUT2D eigenvalue weighted by molar-refractivity contribution is -0.150. The third kappa shape index (κ3) is 9.21. The average molecular weight is 415 g/mol. The lowest BCUT2D eigenvalue weighted by Crippen LogP contribution is -2.19. The Morgan fingerprint density at radius 1 is 1.10 bits per heavy atom. The van der Waals surface area contributed by atoms with Crippen molar-refractivity contribution in [2.24, 2.45) is 5.41 Å². The van der Waals surface area contributed by atoms with Crippen molar-refractivity contribution in [1.82, 2.24) is 0 Å². The number of hydrogen-bond donors (Lipinski definition) is 1. The Balaban J connectivity index is 2.51. The molecule has 0 unspecified atom stereocenters. The quantitative estimate of drug-likeness (QED) is 0.290. The molecule has 0 amide bonds. The highest BCUT2D eigenvalue weighted by Gasteiger charge is 2.26. The van der Waals surface area contributed by atoms with Crippen LogP contribution in [0.3, 0.4) is 0 Å². The third-order valence-corrected chi connectivity index (χ3v) is 5.22. The largest absolute Gasteiger partial charge is 0.476 e. The number of ketones is 1. The van der Waals surface area contributed by atoms with E-state index < -0.39 is 17.7 Å². The lowest BCUT2D eigenvalue weighted by Gasteiger charge is -2.32. The molecule has 0 saturated heterocycles. The van der Waals surface area contributed by atoms with Crippen LogP contribution in [0.4, 0.5) is 0 Å². The second-order valence-electron chi connectivity index (χ2n) is 8.39. The molecule has 0 aromatic carbocycles. The number of hydrogen-bond acceptors (Lipinski definition) is 4. The van der Waals surface area contributed by atoms with Crippen molar-refractivity contribution in [3.63, 3.8) is 0 Å². The van der Waals surface area contributed by atoms with Crippen molar-refractivity contribution >= 4 is 17.7 Å². The first kappa shape index (κ1) is 25.3. The predicted octanol–water partition coefficient (Wildman–Crippen LogP) is 5.50. The first-order valence-electron chi connectivity index (χ1n) is 10.3. The third-order valence-electron chi connectivity index (χ3n) is 5.22. The van der Waals surface area contributed by atoms with Crippen LogP contribution in [-0.4, -0.2) is 29.4 Å². The lowest BCUT2D eigenvalue weighted by atomic mass is 9.72. The van der Waals surface area contributed by atoms with Gasteiger partial charge in [0.05, 0.1) is 6.42 Å². The molecule has 0 aromatic heterocycles. The van der Waals surface area contributed by atoms with Gasteiger partial charge < -0.3 is 9.84 Å². The van der Waals surface area contributed by atoms with Crippen molar-refractivity contribution in [2.75, 3.05) is 6.61 Å². The molecule has 0 radical (unpaired) electrons. The maximum Gasteiger partial charge on any atom is 0.372 e. The molecule has 5 heteroatoms.